The lowest BCUT2D eigenvalue weighted by molar-refractivity contribution is -0.0120. The molecule has 0 bridgehead atoms. The average molecular weight is 323 g/mol. The van der Waals surface area contributed by atoms with Crippen LogP contribution < -0.4 is 5.73 Å². The molecule has 1 saturated heterocycles. The third-order valence-electron chi connectivity index (χ3n) is 3.17. The standard InChI is InChI=1S/C12H16ClFN2O3S/c1-8(15)12-7-16(4-5-19-12)20(17,18)9-2-3-11(14)10(13)6-9/h2-3,6,8,12H,4-5,7,15H2,1H3. The van der Waals surface area contributed by atoms with Crippen LogP contribution in [0, 0.1) is 5.82 Å². The first-order valence-electron chi connectivity index (χ1n) is 6.15. The van der Waals surface area contributed by atoms with Gasteiger partial charge in [0.1, 0.15) is 5.82 Å². The minimum Gasteiger partial charge on any atom is -0.374 e. The third kappa shape index (κ3) is 3.12. The molecule has 0 amide bonds. The molecular formula is C12H16ClFN2O3S. The number of rotatable bonds is 3. The van der Waals surface area contributed by atoms with Crippen LogP contribution in [0.2, 0.25) is 5.02 Å². The van der Waals surface area contributed by atoms with Crippen LogP contribution >= 0.6 is 11.6 Å². The second-order valence-corrected chi connectivity index (χ2v) is 7.05. The quantitative estimate of drug-likeness (QED) is 0.908. The van der Waals surface area contributed by atoms with Crippen LogP contribution in [-0.4, -0.2) is 44.6 Å². The first-order chi connectivity index (χ1) is 9.32. The third-order valence-corrected chi connectivity index (χ3v) is 5.32. The van der Waals surface area contributed by atoms with Crippen LogP contribution in [0.1, 0.15) is 6.92 Å². The lowest BCUT2D eigenvalue weighted by atomic mass is 10.2. The summed E-state index contributed by atoms with van der Waals surface area (Å²) in [5.74, 6) is -0.652. The fourth-order valence-corrected chi connectivity index (χ4v) is 3.68. The summed E-state index contributed by atoms with van der Waals surface area (Å²) in [5, 5.41) is -0.219. The summed E-state index contributed by atoms with van der Waals surface area (Å²) in [5.41, 5.74) is 5.74. The summed E-state index contributed by atoms with van der Waals surface area (Å²) < 4.78 is 44.8. The van der Waals surface area contributed by atoms with Crippen molar-refractivity contribution in [1.82, 2.24) is 4.31 Å². The molecular weight excluding hydrogens is 307 g/mol. The van der Waals surface area contributed by atoms with E-state index in [0.29, 0.717) is 0 Å². The minimum atomic E-state index is -3.72. The predicted octanol–water partition coefficient (Wildman–Crippen LogP) is 1.22. The van der Waals surface area contributed by atoms with Crippen LogP contribution in [0.15, 0.2) is 23.1 Å². The summed E-state index contributed by atoms with van der Waals surface area (Å²) in [6.45, 7) is 2.45. The summed E-state index contributed by atoms with van der Waals surface area (Å²) in [6, 6.07) is 3.08. The number of hydrogen-bond donors (Lipinski definition) is 1. The SMILES string of the molecule is CC(N)C1CN(S(=O)(=O)c2ccc(F)c(Cl)c2)CCO1. The Morgan fingerprint density at radius 3 is 2.85 bits per heavy atom. The molecule has 2 atom stereocenters. The smallest absolute Gasteiger partial charge is 0.243 e. The van der Waals surface area contributed by atoms with E-state index in [2.05, 4.69) is 0 Å². The van der Waals surface area contributed by atoms with E-state index in [1.54, 1.807) is 6.92 Å². The monoisotopic (exact) mass is 322 g/mol. The van der Waals surface area contributed by atoms with E-state index in [0.717, 1.165) is 12.1 Å². The largest absolute Gasteiger partial charge is 0.374 e. The maximum Gasteiger partial charge on any atom is 0.243 e. The lowest BCUT2D eigenvalue weighted by Crippen LogP contribution is -2.51. The second kappa shape index (κ2) is 5.95. The minimum absolute atomic E-state index is 0.0331. The van der Waals surface area contributed by atoms with Crippen molar-refractivity contribution in [2.24, 2.45) is 5.73 Å². The molecule has 1 fully saturated rings. The zero-order valence-electron chi connectivity index (χ0n) is 10.9. The van der Waals surface area contributed by atoms with E-state index in [1.165, 1.54) is 10.4 Å². The van der Waals surface area contributed by atoms with Gasteiger partial charge in [-0.3, -0.25) is 0 Å². The topological polar surface area (TPSA) is 72.6 Å². The molecule has 8 heteroatoms. The van der Waals surface area contributed by atoms with Crippen molar-refractivity contribution in [2.75, 3.05) is 19.7 Å². The molecule has 5 nitrogen and oxygen atoms in total. The van der Waals surface area contributed by atoms with Gasteiger partial charge in [-0.2, -0.15) is 4.31 Å². The number of halogens is 2. The predicted molar refractivity (Wildman–Crippen MR) is 73.6 cm³/mol. The normalized spacial score (nSPS) is 22.7. The highest BCUT2D eigenvalue weighted by Crippen LogP contribution is 2.24. The van der Waals surface area contributed by atoms with Crippen molar-refractivity contribution in [3.05, 3.63) is 29.0 Å². The first-order valence-corrected chi connectivity index (χ1v) is 7.96. The molecule has 112 valence electrons. The first kappa shape index (κ1) is 15.7. The van der Waals surface area contributed by atoms with Crippen LogP contribution in [0.3, 0.4) is 0 Å². The molecule has 2 N–H and O–H groups in total. The molecule has 2 unspecified atom stereocenters. The Hall–Kier alpha value is -0.730. The van der Waals surface area contributed by atoms with Crippen LogP contribution in [0.25, 0.3) is 0 Å². The van der Waals surface area contributed by atoms with E-state index in [-0.39, 0.29) is 41.8 Å². The van der Waals surface area contributed by atoms with Crippen LogP contribution in [0.5, 0.6) is 0 Å². The van der Waals surface area contributed by atoms with Gasteiger partial charge in [0.05, 0.1) is 22.6 Å². The van der Waals surface area contributed by atoms with Gasteiger partial charge in [0.2, 0.25) is 10.0 Å². The maximum atomic E-state index is 13.1. The van der Waals surface area contributed by atoms with Gasteiger partial charge in [-0.1, -0.05) is 11.6 Å². The molecule has 0 spiro atoms. The lowest BCUT2D eigenvalue weighted by Gasteiger charge is -2.33. The fraction of sp³-hybridized carbons (Fsp3) is 0.500. The fourth-order valence-electron chi connectivity index (χ4n) is 1.97. The van der Waals surface area contributed by atoms with Gasteiger partial charge in [-0.15, -0.1) is 0 Å². The average Bonchev–Trinajstić information content (AvgIpc) is 2.42. The maximum absolute atomic E-state index is 13.1. The highest BCUT2D eigenvalue weighted by Gasteiger charge is 2.32. The number of morpholine rings is 1. The van der Waals surface area contributed by atoms with Crippen molar-refractivity contribution >= 4 is 21.6 Å². The number of hydrogen-bond acceptors (Lipinski definition) is 4. The molecule has 20 heavy (non-hydrogen) atoms. The van der Waals surface area contributed by atoms with Crippen molar-refractivity contribution in [1.29, 1.82) is 0 Å². The van der Waals surface area contributed by atoms with Gasteiger partial charge in [0.15, 0.2) is 0 Å². The molecule has 1 aromatic carbocycles. The van der Waals surface area contributed by atoms with Crippen LogP contribution in [0.4, 0.5) is 4.39 Å². The van der Waals surface area contributed by atoms with Crippen molar-refractivity contribution in [3.63, 3.8) is 0 Å². The number of nitrogens with two attached hydrogens (primary N) is 1. The summed E-state index contributed by atoms with van der Waals surface area (Å²) in [7, 11) is -3.72. The van der Waals surface area contributed by atoms with Crippen molar-refractivity contribution < 1.29 is 17.5 Å². The molecule has 0 aliphatic carbocycles. The Labute approximate surface area is 122 Å². The molecule has 2 rings (SSSR count). The molecule has 1 aromatic rings. The van der Waals surface area contributed by atoms with E-state index in [1.807, 2.05) is 0 Å². The number of benzene rings is 1. The van der Waals surface area contributed by atoms with Gasteiger partial charge in [0, 0.05) is 19.1 Å². The molecule has 1 aliphatic heterocycles. The highest BCUT2D eigenvalue weighted by molar-refractivity contribution is 7.89. The molecule has 0 saturated carbocycles. The number of sulfonamides is 1. The van der Waals surface area contributed by atoms with Gasteiger partial charge in [-0.25, -0.2) is 12.8 Å². The van der Waals surface area contributed by atoms with E-state index < -0.39 is 15.8 Å². The van der Waals surface area contributed by atoms with Gasteiger partial charge in [-0.05, 0) is 25.1 Å². The zero-order valence-corrected chi connectivity index (χ0v) is 12.5. The highest BCUT2D eigenvalue weighted by atomic mass is 35.5. The summed E-state index contributed by atoms with van der Waals surface area (Å²) in [6.07, 6.45) is -0.352. The van der Waals surface area contributed by atoms with E-state index >= 15 is 0 Å². The molecule has 0 aromatic heterocycles. The van der Waals surface area contributed by atoms with E-state index in [4.69, 9.17) is 22.1 Å². The Morgan fingerprint density at radius 2 is 2.25 bits per heavy atom. The van der Waals surface area contributed by atoms with Gasteiger partial charge >= 0.3 is 0 Å². The number of nitrogens with zero attached hydrogens (tertiary/aromatic N) is 1. The number of ether oxygens (including phenoxy) is 1. The Morgan fingerprint density at radius 1 is 1.55 bits per heavy atom. The zero-order chi connectivity index (χ0) is 14.9. The van der Waals surface area contributed by atoms with Crippen molar-refractivity contribution in [3.8, 4) is 0 Å². The van der Waals surface area contributed by atoms with Gasteiger partial charge < -0.3 is 10.5 Å². The van der Waals surface area contributed by atoms with E-state index in [9.17, 15) is 12.8 Å². The molecule has 0 radical (unpaired) electrons. The Balaban J connectivity index is 2.27. The molecule has 1 heterocycles. The van der Waals surface area contributed by atoms with Crippen LogP contribution in [-0.2, 0) is 14.8 Å². The van der Waals surface area contributed by atoms with Gasteiger partial charge in [0.25, 0.3) is 0 Å². The van der Waals surface area contributed by atoms with Crippen molar-refractivity contribution in [2.45, 2.75) is 24.0 Å². The Kier molecular flexibility index (Phi) is 4.66. The summed E-state index contributed by atoms with van der Waals surface area (Å²) >= 11 is 5.64. The summed E-state index contributed by atoms with van der Waals surface area (Å²) in [4.78, 5) is -0.0331. The second-order valence-electron chi connectivity index (χ2n) is 4.71. The molecule has 1 aliphatic rings. The Bertz CT molecular complexity index is 594.